The zero-order chi connectivity index (χ0) is 17.7. The summed E-state index contributed by atoms with van der Waals surface area (Å²) in [7, 11) is 0. The molecule has 2 aliphatic heterocycles. The maximum absolute atomic E-state index is 11.8. The highest BCUT2D eigenvalue weighted by atomic mass is 16.6. The van der Waals surface area contributed by atoms with E-state index in [0.717, 1.165) is 13.1 Å². The second-order valence-electron chi connectivity index (χ2n) is 4.50. The van der Waals surface area contributed by atoms with Crippen molar-refractivity contribution in [2.75, 3.05) is 45.9 Å². The molecule has 7 heteroatoms. The Morgan fingerprint density at radius 1 is 1.04 bits per heavy atom. The summed E-state index contributed by atoms with van der Waals surface area (Å²) in [5, 5.41) is 3.04. The Morgan fingerprint density at radius 3 is 1.91 bits per heavy atom. The number of nitrogens with one attached hydrogen (secondary N) is 1. The second kappa shape index (κ2) is 12.8. The van der Waals surface area contributed by atoms with E-state index < -0.39 is 0 Å². The number of amides is 2. The summed E-state index contributed by atoms with van der Waals surface area (Å²) in [5.41, 5.74) is 0. The number of rotatable bonds is 3. The maximum Gasteiger partial charge on any atom is 0.410 e. The molecule has 0 bridgehead atoms. The number of carbonyl (C=O) groups is 2. The Bertz CT molecular complexity index is 351. The Morgan fingerprint density at radius 2 is 1.52 bits per heavy atom. The molecular weight excluding hydrogens is 298 g/mol. The molecule has 7 nitrogen and oxygen atoms in total. The van der Waals surface area contributed by atoms with Gasteiger partial charge in [0, 0.05) is 39.3 Å². The van der Waals surface area contributed by atoms with Crippen LogP contribution in [-0.4, -0.2) is 74.0 Å². The SMILES string of the molecule is C=CCOC(=O)N1CCN(C(=O)OC2CNC2)CC1.CC.CC. The largest absolute Gasteiger partial charge is 0.445 e. The molecule has 1 N–H and O–H groups in total. The minimum absolute atomic E-state index is 0.0110. The molecule has 0 aromatic heterocycles. The molecule has 0 spiro atoms. The summed E-state index contributed by atoms with van der Waals surface area (Å²) >= 11 is 0. The maximum atomic E-state index is 11.8. The molecule has 134 valence electrons. The van der Waals surface area contributed by atoms with Crippen molar-refractivity contribution < 1.29 is 19.1 Å². The van der Waals surface area contributed by atoms with Crippen molar-refractivity contribution in [1.29, 1.82) is 0 Å². The monoisotopic (exact) mass is 329 g/mol. The number of hydrogen-bond acceptors (Lipinski definition) is 5. The Hall–Kier alpha value is -1.76. The smallest absolute Gasteiger partial charge is 0.410 e. The highest BCUT2D eigenvalue weighted by Crippen LogP contribution is 2.08. The zero-order valence-electron chi connectivity index (χ0n) is 14.8. The average molecular weight is 329 g/mol. The van der Waals surface area contributed by atoms with E-state index in [1.807, 2.05) is 27.7 Å². The number of hydrogen-bond donors (Lipinski definition) is 1. The van der Waals surface area contributed by atoms with E-state index in [4.69, 9.17) is 9.47 Å². The van der Waals surface area contributed by atoms with Crippen LogP contribution in [0.25, 0.3) is 0 Å². The Balaban J connectivity index is 0.00000112. The Labute approximate surface area is 139 Å². The van der Waals surface area contributed by atoms with Crippen molar-refractivity contribution in [1.82, 2.24) is 15.1 Å². The van der Waals surface area contributed by atoms with Gasteiger partial charge in [0.1, 0.15) is 12.7 Å². The van der Waals surface area contributed by atoms with E-state index in [0.29, 0.717) is 26.2 Å². The topological polar surface area (TPSA) is 71.1 Å². The highest BCUT2D eigenvalue weighted by Gasteiger charge is 2.28. The van der Waals surface area contributed by atoms with E-state index in [9.17, 15) is 9.59 Å². The molecule has 0 radical (unpaired) electrons. The number of ether oxygens (including phenoxy) is 2. The molecule has 2 fully saturated rings. The van der Waals surface area contributed by atoms with E-state index in [1.54, 1.807) is 9.80 Å². The van der Waals surface area contributed by atoms with E-state index >= 15 is 0 Å². The average Bonchev–Trinajstić information content (AvgIpc) is 2.59. The van der Waals surface area contributed by atoms with Gasteiger partial charge in [-0.2, -0.15) is 0 Å². The fourth-order valence-electron chi connectivity index (χ4n) is 1.86. The molecular formula is C16H31N3O4. The fraction of sp³-hybridized carbons (Fsp3) is 0.750. The van der Waals surface area contributed by atoms with Crippen molar-refractivity contribution >= 4 is 12.2 Å². The summed E-state index contributed by atoms with van der Waals surface area (Å²) in [4.78, 5) is 26.6. The lowest BCUT2D eigenvalue weighted by molar-refractivity contribution is 0.0256. The summed E-state index contributed by atoms with van der Waals surface area (Å²) in [6.07, 6.45) is 0.850. The first-order chi connectivity index (χ1) is 11.2. The Kier molecular flexibility index (Phi) is 11.8. The molecule has 2 aliphatic rings. The van der Waals surface area contributed by atoms with Crippen LogP contribution in [0.15, 0.2) is 12.7 Å². The van der Waals surface area contributed by atoms with Crippen LogP contribution in [0.4, 0.5) is 9.59 Å². The lowest BCUT2D eigenvalue weighted by atomic mass is 10.2. The van der Waals surface area contributed by atoms with Gasteiger partial charge in [-0.05, 0) is 0 Å². The second-order valence-corrected chi connectivity index (χ2v) is 4.50. The third-order valence-corrected chi connectivity index (χ3v) is 3.13. The summed E-state index contributed by atoms with van der Waals surface area (Å²) in [6.45, 7) is 15.0. The van der Waals surface area contributed by atoms with Crippen LogP contribution in [0.3, 0.4) is 0 Å². The van der Waals surface area contributed by atoms with Crippen LogP contribution in [0.1, 0.15) is 27.7 Å². The van der Waals surface area contributed by atoms with Crippen LogP contribution in [-0.2, 0) is 9.47 Å². The summed E-state index contributed by atoms with van der Waals surface area (Å²) in [5.74, 6) is 0. The van der Waals surface area contributed by atoms with Crippen molar-refractivity contribution in [3.8, 4) is 0 Å². The molecule has 23 heavy (non-hydrogen) atoms. The van der Waals surface area contributed by atoms with Gasteiger partial charge >= 0.3 is 12.2 Å². The molecule has 0 atom stereocenters. The van der Waals surface area contributed by atoms with Crippen molar-refractivity contribution in [3.05, 3.63) is 12.7 Å². The third-order valence-electron chi connectivity index (χ3n) is 3.13. The van der Waals surface area contributed by atoms with Crippen molar-refractivity contribution in [2.24, 2.45) is 0 Å². The number of carbonyl (C=O) groups excluding carboxylic acids is 2. The molecule has 0 aliphatic carbocycles. The van der Waals surface area contributed by atoms with Crippen LogP contribution in [0.2, 0.25) is 0 Å². The minimum atomic E-state index is -0.365. The molecule has 2 amide bonds. The molecule has 0 aromatic carbocycles. The number of piperazine rings is 1. The van der Waals surface area contributed by atoms with Gasteiger partial charge in [0.2, 0.25) is 0 Å². The van der Waals surface area contributed by atoms with Gasteiger partial charge < -0.3 is 24.6 Å². The first kappa shape index (κ1) is 21.2. The summed E-state index contributed by atoms with van der Waals surface area (Å²) < 4.78 is 10.2. The molecule has 2 rings (SSSR count). The first-order valence-electron chi connectivity index (χ1n) is 8.39. The predicted octanol–water partition coefficient (Wildman–Crippen LogP) is 2.09. The molecule has 2 saturated heterocycles. The predicted molar refractivity (Wildman–Crippen MR) is 90.5 cm³/mol. The quantitative estimate of drug-likeness (QED) is 0.803. The van der Waals surface area contributed by atoms with E-state index in [2.05, 4.69) is 11.9 Å². The first-order valence-corrected chi connectivity index (χ1v) is 8.39. The van der Waals surface area contributed by atoms with Crippen molar-refractivity contribution in [2.45, 2.75) is 33.8 Å². The lowest BCUT2D eigenvalue weighted by Gasteiger charge is -2.35. The number of nitrogens with zero attached hydrogens (tertiary/aromatic N) is 2. The highest BCUT2D eigenvalue weighted by molar-refractivity contribution is 5.70. The van der Waals surface area contributed by atoms with Gasteiger partial charge in [0.15, 0.2) is 0 Å². The van der Waals surface area contributed by atoms with Crippen molar-refractivity contribution in [3.63, 3.8) is 0 Å². The summed E-state index contributed by atoms with van der Waals surface area (Å²) in [6, 6.07) is 0. The van der Waals surface area contributed by atoms with E-state index in [1.165, 1.54) is 6.08 Å². The van der Waals surface area contributed by atoms with Gasteiger partial charge in [-0.3, -0.25) is 0 Å². The van der Waals surface area contributed by atoms with Crippen LogP contribution < -0.4 is 5.32 Å². The third kappa shape index (κ3) is 7.36. The van der Waals surface area contributed by atoms with E-state index in [-0.39, 0.29) is 24.9 Å². The van der Waals surface area contributed by atoms with Gasteiger partial charge in [-0.25, -0.2) is 9.59 Å². The fourth-order valence-corrected chi connectivity index (χ4v) is 1.86. The van der Waals surface area contributed by atoms with Crippen LogP contribution in [0, 0.1) is 0 Å². The molecule has 0 aromatic rings. The molecule has 0 saturated carbocycles. The van der Waals surface area contributed by atoms with Gasteiger partial charge in [0.05, 0.1) is 0 Å². The van der Waals surface area contributed by atoms with Crippen LogP contribution in [0.5, 0.6) is 0 Å². The normalized spacial score (nSPS) is 16.7. The van der Waals surface area contributed by atoms with Crippen LogP contribution >= 0.6 is 0 Å². The zero-order valence-corrected chi connectivity index (χ0v) is 14.8. The minimum Gasteiger partial charge on any atom is -0.445 e. The standard InChI is InChI=1S/C12H19N3O4.2C2H6/c1-2-7-18-11(16)14-3-5-15(6-4-14)12(17)19-10-8-13-9-10;2*1-2/h2,10,13H,1,3-9H2;2*1-2H3. The van der Waals surface area contributed by atoms with Gasteiger partial charge in [-0.15, -0.1) is 0 Å². The molecule has 0 unspecified atom stereocenters. The van der Waals surface area contributed by atoms with Gasteiger partial charge in [-0.1, -0.05) is 40.3 Å². The molecule has 2 heterocycles. The van der Waals surface area contributed by atoms with Gasteiger partial charge in [0.25, 0.3) is 0 Å². The lowest BCUT2D eigenvalue weighted by Crippen LogP contribution is -2.54.